The minimum Gasteiger partial charge on any atom is -0.287 e. The van der Waals surface area contributed by atoms with E-state index in [-0.39, 0.29) is 0 Å². The first-order chi connectivity index (χ1) is 11.9. The molecule has 0 spiro atoms. The van der Waals surface area contributed by atoms with Gasteiger partial charge in [-0.3, -0.25) is 4.99 Å². The fraction of sp³-hybridized carbons (Fsp3) is 0.263. The van der Waals surface area contributed by atoms with E-state index in [9.17, 15) is 8.42 Å². The Kier molecular flexibility index (Phi) is 4.47. The van der Waals surface area contributed by atoms with Gasteiger partial charge < -0.3 is 0 Å². The fourth-order valence-electron chi connectivity index (χ4n) is 2.87. The molecule has 0 N–H and O–H groups in total. The third-order valence-electron chi connectivity index (χ3n) is 4.16. The molecule has 6 heteroatoms. The molecule has 0 aliphatic heterocycles. The van der Waals surface area contributed by atoms with Gasteiger partial charge in [-0.15, -0.1) is 0 Å². The predicted octanol–water partition coefficient (Wildman–Crippen LogP) is 3.40. The second-order valence-corrected chi connectivity index (χ2v) is 8.50. The maximum Gasteiger partial charge on any atom is 0.242 e. The lowest BCUT2D eigenvalue weighted by molar-refractivity contribution is 0.578. The Morgan fingerprint density at radius 1 is 1.08 bits per heavy atom. The van der Waals surface area contributed by atoms with Crippen LogP contribution in [0.4, 0.5) is 0 Å². The Hall–Kier alpha value is -2.47. The summed E-state index contributed by atoms with van der Waals surface area (Å²) in [7, 11) is -1.75. The largest absolute Gasteiger partial charge is 0.287 e. The average Bonchev–Trinajstić information content (AvgIpc) is 2.92. The van der Waals surface area contributed by atoms with E-state index in [1.54, 1.807) is 27.8 Å². The van der Waals surface area contributed by atoms with Crippen LogP contribution in [0.3, 0.4) is 0 Å². The minimum absolute atomic E-state index is 0.468. The van der Waals surface area contributed by atoms with Crippen LogP contribution in [-0.2, 0) is 10.0 Å². The molecule has 130 valence electrons. The van der Waals surface area contributed by atoms with Crippen LogP contribution in [0.15, 0.2) is 53.5 Å². The van der Waals surface area contributed by atoms with E-state index < -0.39 is 15.3 Å². The van der Waals surface area contributed by atoms with Gasteiger partial charge in [0.1, 0.15) is 5.82 Å². The van der Waals surface area contributed by atoms with Gasteiger partial charge in [0, 0.05) is 18.2 Å². The van der Waals surface area contributed by atoms with Crippen molar-refractivity contribution in [3.63, 3.8) is 0 Å². The van der Waals surface area contributed by atoms with Crippen molar-refractivity contribution in [2.45, 2.75) is 26.0 Å². The summed E-state index contributed by atoms with van der Waals surface area (Å²) in [6.45, 7) is 5.06. The van der Waals surface area contributed by atoms with Crippen LogP contribution in [0.5, 0.6) is 0 Å². The molecule has 3 aromatic rings. The lowest BCUT2D eigenvalue weighted by atomic mass is 10.0. The smallest absolute Gasteiger partial charge is 0.242 e. The second kappa shape index (κ2) is 6.44. The Labute approximate surface area is 148 Å². The van der Waals surface area contributed by atoms with Crippen LogP contribution >= 0.6 is 0 Å². The SMILES string of the molecule is CN=C(c1ccccc1)c1ccc2nc(C)n(S(=O)(=O)C(C)C)c2c1. The monoisotopic (exact) mass is 355 g/mol. The van der Waals surface area contributed by atoms with Gasteiger partial charge >= 0.3 is 0 Å². The molecule has 25 heavy (non-hydrogen) atoms. The van der Waals surface area contributed by atoms with Gasteiger partial charge in [0.25, 0.3) is 0 Å². The molecule has 1 heterocycles. The van der Waals surface area contributed by atoms with E-state index in [1.165, 1.54) is 3.97 Å². The molecule has 0 aliphatic carbocycles. The molecule has 0 saturated heterocycles. The number of aliphatic imine (C=N–C) groups is 1. The number of fused-ring (bicyclic) bond motifs is 1. The van der Waals surface area contributed by atoms with Crippen molar-refractivity contribution in [3.8, 4) is 0 Å². The highest BCUT2D eigenvalue weighted by atomic mass is 32.2. The maximum atomic E-state index is 12.7. The van der Waals surface area contributed by atoms with E-state index in [0.717, 1.165) is 16.8 Å². The molecular weight excluding hydrogens is 334 g/mol. The summed E-state index contributed by atoms with van der Waals surface area (Å²) < 4.78 is 26.8. The van der Waals surface area contributed by atoms with Crippen LogP contribution in [0.2, 0.25) is 0 Å². The Morgan fingerprint density at radius 2 is 1.76 bits per heavy atom. The molecule has 0 atom stereocenters. The second-order valence-electron chi connectivity index (χ2n) is 6.16. The van der Waals surface area contributed by atoms with Crippen molar-refractivity contribution in [1.82, 2.24) is 8.96 Å². The number of aromatic nitrogens is 2. The lowest BCUT2D eigenvalue weighted by Gasteiger charge is -2.12. The number of imidazole rings is 1. The van der Waals surface area contributed by atoms with E-state index in [4.69, 9.17) is 0 Å². The molecule has 5 nitrogen and oxygen atoms in total. The molecule has 0 fully saturated rings. The van der Waals surface area contributed by atoms with E-state index in [1.807, 2.05) is 48.5 Å². The zero-order valence-electron chi connectivity index (χ0n) is 14.8. The van der Waals surface area contributed by atoms with Crippen molar-refractivity contribution in [1.29, 1.82) is 0 Å². The number of hydrogen-bond acceptors (Lipinski definition) is 4. The Balaban J connectivity index is 2.24. The summed E-state index contributed by atoms with van der Waals surface area (Å²) in [6, 6.07) is 15.5. The van der Waals surface area contributed by atoms with Gasteiger partial charge in [0.2, 0.25) is 10.0 Å². The molecule has 0 unspecified atom stereocenters. The highest BCUT2D eigenvalue weighted by Gasteiger charge is 2.24. The third-order valence-corrected chi connectivity index (χ3v) is 6.33. The molecule has 0 bridgehead atoms. The molecule has 1 aromatic heterocycles. The lowest BCUT2D eigenvalue weighted by Crippen LogP contribution is -2.23. The summed E-state index contributed by atoms with van der Waals surface area (Å²) in [4.78, 5) is 8.81. The maximum absolute atomic E-state index is 12.7. The molecule has 0 radical (unpaired) electrons. The highest BCUT2D eigenvalue weighted by Crippen LogP contribution is 2.23. The topological polar surface area (TPSA) is 64.3 Å². The summed E-state index contributed by atoms with van der Waals surface area (Å²) in [6.07, 6.45) is 0. The van der Waals surface area contributed by atoms with Crippen LogP contribution in [0, 0.1) is 6.92 Å². The first kappa shape index (κ1) is 17.4. The summed E-state index contributed by atoms with van der Waals surface area (Å²) >= 11 is 0. The average molecular weight is 355 g/mol. The van der Waals surface area contributed by atoms with Gasteiger partial charge in [-0.2, -0.15) is 0 Å². The van der Waals surface area contributed by atoms with Gasteiger partial charge in [-0.25, -0.2) is 17.4 Å². The normalized spacial score (nSPS) is 12.9. The van der Waals surface area contributed by atoms with Gasteiger partial charge in [-0.1, -0.05) is 36.4 Å². The van der Waals surface area contributed by atoms with Gasteiger partial charge in [0.05, 0.1) is 22.0 Å². The summed E-state index contributed by atoms with van der Waals surface area (Å²) in [5, 5.41) is -0.527. The molecule has 0 aliphatic rings. The number of nitrogens with zero attached hydrogens (tertiary/aromatic N) is 3. The van der Waals surface area contributed by atoms with Crippen LogP contribution in [0.1, 0.15) is 30.8 Å². The van der Waals surface area contributed by atoms with Crippen LogP contribution in [0.25, 0.3) is 11.0 Å². The number of benzene rings is 2. The summed E-state index contributed by atoms with van der Waals surface area (Å²) in [5.41, 5.74) is 3.91. The molecular formula is C19H21N3O2S. The van der Waals surface area contributed by atoms with Crippen molar-refractivity contribution in [2.75, 3.05) is 7.05 Å². The first-order valence-electron chi connectivity index (χ1n) is 8.12. The zero-order valence-corrected chi connectivity index (χ0v) is 15.6. The highest BCUT2D eigenvalue weighted by molar-refractivity contribution is 7.90. The van der Waals surface area contributed by atoms with Crippen LogP contribution < -0.4 is 0 Å². The molecule has 3 rings (SSSR count). The number of hydrogen-bond donors (Lipinski definition) is 0. The van der Waals surface area contributed by atoms with E-state index in [2.05, 4.69) is 9.98 Å². The van der Waals surface area contributed by atoms with E-state index in [0.29, 0.717) is 16.9 Å². The predicted molar refractivity (Wildman–Crippen MR) is 102 cm³/mol. The number of rotatable bonds is 4. The van der Waals surface area contributed by atoms with Crippen molar-refractivity contribution >= 4 is 26.8 Å². The molecule has 0 amide bonds. The Bertz CT molecular complexity index is 1050. The standard InChI is InChI=1S/C19H21N3O2S/c1-13(2)25(23,24)22-14(3)21-17-11-10-16(12-18(17)22)19(20-4)15-8-6-5-7-9-15/h5-13H,1-4H3. The van der Waals surface area contributed by atoms with Gasteiger partial charge in [-0.05, 0) is 32.9 Å². The van der Waals surface area contributed by atoms with Gasteiger partial charge in [0.15, 0.2) is 0 Å². The summed E-state index contributed by atoms with van der Waals surface area (Å²) in [5.74, 6) is 0.468. The zero-order chi connectivity index (χ0) is 18.2. The van der Waals surface area contributed by atoms with Crippen molar-refractivity contribution in [3.05, 3.63) is 65.5 Å². The third kappa shape index (κ3) is 2.98. The number of aryl methyl sites for hydroxylation is 1. The van der Waals surface area contributed by atoms with E-state index >= 15 is 0 Å². The molecule has 0 saturated carbocycles. The first-order valence-corrected chi connectivity index (χ1v) is 9.62. The fourth-order valence-corrected chi connectivity index (χ4v) is 4.13. The van der Waals surface area contributed by atoms with Crippen LogP contribution in [-0.4, -0.2) is 35.4 Å². The quantitative estimate of drug-likeness (QED) is 0.674. The Morgan fingerprint density at radius 3 is 2.36 bits per heavy atom. The van der Waals surface area contributed by atoms with Crippen molar-refractivity contribution < 1.29 is 8.42 Å². The molecule has 2 aromatic carbocycles. The van der Waals surface area contributed by atoms with Crippen molar-refractivity contribution in [2.24, 2.45) is 4.99 Å². The minimum atomic E-state index is -3.49.